The number of nitro benzene ring substituents is 1. The minimum atomic E-state index is -0.434. The fourth-order valence-electron chi connectivity index (χ4n) is 2.37. The van der Waals surface area contributed by atoms with Gasteiger partial charge < -0.3 is 11.1 Å². The Labute approximate surface area is 178 Å². The number of amides is 2. The Morgan fingerprint density at radius 1 is 1.13 bits per heavy atom. The van der Waals surface area contributed by atoms with Gasteiger partial charge in [0.15, 0.2) is 0 Å². The Morgan fingerprint density at radius 3 is 2.50 bits per heavy atom. The van der Waals surface area contributed by atoms with E-state index in [-0.39, 0.29) is 17.5 Å². The Balaban J connectivity index is 0.000000575. The molecule has 0 bridgehead atoms. The van der Waals surface area contributed by atoms with E-state index in [1.807, 2.05) is 24.3 Å². The highest BCUT2D eigenvalue weighted by Crippen LogP contribution is 2.39. The predicted octanol–water partition coefficient (Wildman–Crippen LogP) is 4.52. The first-order chi connectivity index (χ1) is 14.3. The van der Waals surface area contributed by atoms with Crippen LogP contribution in [-0.4, -0.2) is 21.7 Å². The summed E-state index contributed by atoms with van der Waals surface area (Å²) in [4.78, 5) is 37.6. The molecular formula is C21H22N4O4S. The number of carbonyl (C=O) groups excluding carboxylic acids is 2. The molecule has 3 rings (SSSR count). The van der Waals surface area contributed by atoms with Gasteiger partial charge in [-0.1, -0.05) is 37.7 Å². The Hall–Kier alpha value is -3.46. The highest BCUT2D eigenvalue weighted by atomic mass is 32.2. The van der Waals surface area contributed by atoms with Gasteiger partial charge in [0, 0.05) is 47.3 Å². The second-order valence-electron chi connectivity index (χ2n) is 6.12. The van der Waals surface area contributed by atoms with E-state index in [1.165, 1.54) is 17.8 Å². The normalized spacial score (nSPS) is 10.1. The van der Waals surface area contributed by atoms with E-state index in [0.717, 1.165) is 15.7 Å². The first-order valence-corrected chi connectivity index (χ1v) is 10.0. The van der Waals surface area contributed by atoms with Crippen LogP contribution in [0.5, 0.6) is 0 Å². The van der Waals surface area contributed by atoms with Crippen LogP contribution in [0.3, 0.4) is 0 Å². The standard InChI is InChI=1S/C18H15N3O3S.C3H7NO/c1-2-18(22)20-13-6-7-17(15(10-13)21(23)24)25-16-5-3-4-12-11-19-9-8-14(12)16;1-2-3(4)5/h3-11H,2H2,1H3,(H,20,22);2H2,1H3,(H2,4,5). The van der Waals surface area contributed by atoms with Crippen molar-refractivity contribution in [2.45, 2.75) is 36.5 Å². The average molecular weight is 426 g/mol. The van der Waals surface area contributed by atoms with Gasteiger partial charge in [-0.3, -0.25) is 24.7 Å². The quantitative estimate of drug-likeness (QED) is 0.440. The Kier molecular flexibility index (Phi) is 8.30. The lowest BCUT2D eigenvalue weighted by Gasteiger charge is -2.09. The molecular weight excluding hydrogens is 404 g/mol. The molecule has 2 amide bonds. The molecule has 1 aromatic heterocycles. The van der Waals surface area contributed by atoms with Crippen molar-refractivity contribution in [3.63, 3.8) is 0 Å². The number of primary amides is 1. The molecule has 0 fully saturated rings. The van der Waals surface area contributed by atoms with E-state index in [2.05, 4.69) is 16.0 Å². The van der Waals surface area contributed by atoms with E-state index in [9.17, 15) is 19.7 Å². The number of hydrogen-bond donors (Lipinski definition) is 2. The van der Waals surface area contributed by atoms with Crippen molar-refractivity contribution in [2.75, 3.05) is 5.32 Å². The number of pyridine rings is 1. The molecule has 0 aliphatic rings. The number of rotatable bonds is 6. The molecule has 8 nitrogen and oxygen atoms in total. The summed E-state index contributed by atoms with van der Waals surface area (Å²) < 4.78 is 0. The first-order valence-electron chi connectivity index (χ1n) is 9.22. The van der Waals surface area contributed by atoms with Crippen LogP contribution < -0.4 is 11.1 Å². The second-order valence-corrected chi connectivity index (χ2v) is 7.20. The number of hydrogen-bond acceptors (Lipinski definition) is 6. The predicted molar refractivity (Wildman–Crippen MR) is 117 cm³/mol. The molecule has 3 aromatic rings. The van der Waals surface area contributed by atoms with Crippen LogP contribution >= 0.6 is 11.8 Å². The summed E-state index contributed by atoms with van der Waals surface area (Å²) in [5, 5.41) is 16.1. The van der Waals surface area contributed by atoms with Crippen LogP contribution in [0.1, 0.15) is 26.7 Å². The molecule has 9 heteroatoms. The summed E-state index contributed by atoms with van der Waals surface area (Å²) in [6.07, 6.45) is 4.22. The summed E-state index contributed by atoms with van der Waals surface area (Å²) in [6, 6.07) is 12.4. The fourth-order valence-corrected chi connectivity index (χ4v) is 3.43. The number of nitrogens with one attached hydrogen (secondary N) is 1. The van der Waals surface area contributed by atoms with Crippen LogP contribution in [0, 0.1) is 10.1 Å². The highest BCUT2D eigenvalue weighted by Gasteiger charge is 2.17. The van der Waals surface area contributed by atoms with Gasteiger partial charge in [-0.2, -0.15) is 0 Å². The molecule has 1 heterocycles. The number of anilines is 1. The lowest BCUT2D eigenvalue weighted by atomic mass is 10.2. The zero-order valence-corrected chi connectivity index (χ0v) is 17.4. The molecule has 2 aromatic carbocycles. The summed E-state index contributed by atoms with van der Waals surface area (Å²) in [6.45, 7) is 3.45. The van der Waals surface area contributed by atoms with E-state index in [0.29, 0.717) is 23.4 Å². The molecule has 0 unspecified atom stereocenters. The van der Waals surface area contributed by atoms with Crippen LogP contribution in [0.25, 0.3) is 10.8 Å². The van der Waals surface area contributed by atoms with Crippen molar-refractivity contribution in [1.82, 2.24) is 4.98 Å². The van der Waals surface area contributed by atoms with Crippen molar-refractivity contribution >= 4 is 45.7 Å². The topological polar surface area (TPSA) is 128 Å². The van der Waals surface area contributed by atoms with E-state index >= 15 is 0 Å². The van der Waals surface area contributed by atoms with E-state index in [1.54, 1.807) is 38.4 Å². The van der Waals surface area contributed by atoms with Gasteiger partial charge in [0.2, 0.25) is 11.8 Å². The lowest BCUT2D eigenvalue weighted by molar-refractivity contribution is -0.387. The number of nitro groups is 1. The summed E-state index contributed by atoms with van der Waals surface area (Å²) in [5.41, 5.74) is 5.04. The smallest absolute Gasteiger partial charge is 0.285 e. The minimum Gasteiger partial charge on any atom is -0.370 e. The molecule has 0 radical (unpaired) electrons. The van der Waals surface area contributed by atoms with Crippen molar-refractivity contribution in [1.29, 1.82) is 0 Å². The number of benzene rings is 2. The first kappa shape index (κ1) is 22.8. The molecule has 156 valence electrons. The van der Waals surface area contributed by atoms with Gasteiger partial charge in [0.25, 0.3) is 5.69 Å². The van der Waals surface area contributed by atoms with Crippen molar-refractivity contribution in [3.05, 3.63) is 65.0 Å². The van der Waals surface area contributed by atoms with Gasteiger partial charge in [0.1, 0.15) is 0 Å². The summed E-state index contributed by atoms with van der Waals surface area (Å²) >= 11 is 1.32. The van der Waals surface area contributed by atoms with E-state index < -0.39 is 4.92 Å². The molecule has 0 saturated carbocycles. The monoisotopic (exact) mass is 426 g/mol. The third-order valence-corrected chi connectivity index (χ3v) is 5.11. The minimum absolute atomic E-state index is 0.0371. The number of nitrogens with two attached hydrogens (primary N) is 1. The zero-order chi connectivity index (χ0) is 22.1. The SMILES string of the molecule is CCC(=O)Nc1ccc(Sc2cccc3cnccc23)c([N+](=O)[O-])c1.CCC(N)=O. The maximum atomic E-state index is 11.5. The third kappa shape index (κ3) is 6.28. The fraction of sp³-hybridized carbons (Fsp3) is 0.190. The number of carbonyl (C=O) groups is 2. The molecule has 0 atom stereocenters. The van der Waals surface area contributed by atoms with Crippen LogP contribution in [-0.2, 0) is 9.59 Å². The summed E-state index contributed by atoms with van der Waals surface area (Å²) in [5.74, 6) is -0.429. The Morgan fingerprint density at radius 2 is 1.87 bits per heavy atom. The molecule has 0 aliphatic heterocycles. The van der Waals surface area contributed by atoms with Gasteiger partial charge >= 0.3 is 0 Å². The zero-order valence-electron chi connectivity index (χ0n) is 16.6. The highest BCUT2D eigenvalue weighted by molar-refractivity contribution is 7.99. The average Bonchev–Trinajstić information content (AvgIpc) is 2.75. The largest absolute Gasteiger partial charge is 0.370 e. The van der Waals surface area contributed by atoms with Crippen LogP contribution in [0.2, 0.25) is 0 Å². The second kappa shape index (κ2) is 10.9. The van der Waals surface area contributed by atoms with E-state index in [4.69, 9.17) is 0 Å². The lowest BCUT2D eigenvalue weighted by Crippen LogP contribution is -2.09. The number of nitrogens with zero attached hydrogens (tertiary/aromatic N) is 2. The molecule has 0 saturated heterocycles. The van der Waals surface area contributed by atoms with Crippen molar-refractivity contribution in [2.24, 2.45) is 5.73 Å². The van der Waals surface area contributed by atoms with Gasteiger partial charge in [0.05, 0.1) is 9.82 Å². The maximum Gasteiger partial charge on any atom is 0.285 e. The van der Waals surface area contributed by atoms with Gasteiger partial charge in [-0.25, -0.2) is 0 Å². The summed E-state index contributed by atoms with van der Waals surface area (Å²) in [7, 11) is 0. The van der Waals surface area contributed by atoms with Gasteiger partial charge in [-0.05, 0) is 29.7 Å². The van der Waals surface area contributed by atoms with Crippen molar-refractivity contribution in [3.8, 4) is 0 Å². The number of fused-ring (bicyclic) bond motifs is 1. The third-order valence-electron chi connectivity index (χ3n) is 3.97. The molecule has 0 spiro atoms. The molecule has 0 aliphatic carbocycles. The van der Waals surface area contributed by atoms with Gasteiger partial charge in [-0.15, -0.1) is 0 Å². The van der Waals surface area contributed by atoms with Crippen LogP contribution in [0.15, 0.2) is 64.6 Å². The van der Waals surface area contributed by atoms with Crippen LogP contribution in [0.4, 0.5) is 11.4 Å². The molecule has 30 heavy (non-hydrogen) atoms. The molecule has 3 N–H and O–H groups in total. The maximum absolute atomic E-state index is 11.5. The van der Waals surface area contributed by atoms with Crippen molar-refractivity contribution < 1.29 is 14.5 Å². The number of aromatic nitrogens is 1. The Bertz CT molecular complexity index is 1070.